The fourth-order valence-corrected chi connectivity index (χ4v) is 14.6. The minimum Gasteiger partial charge on any atom is -0.457 e. The van der Waals surface area contributed by atoms with E-state index in [1.54, 1.807) is 0 Å². The van der Waals surface area contributed by atoms with Crippen molar-refractivity contribution in [1.29, 1.82) is 0 Å². The monoisotopic (exact) mass is 1060 g/mol. The number of benzene rings is 13. The smallest absolute Gasteiger partial charge is 0.132 e. The maximum Gasteiger partial charge on any atom is 0.132 e. The van der Waals surface area contributed by atoms with Gasteiger partial charge in [0.1, 0.15) is 23.0 Å². The maximum absolute atomic E-state index is 6.69. The van der Waals surface area contributed by atoms with Gasteiger partial charge in [0, 0.05) is 39.3 Å². The molecule has 0 saturated carbocycles. The van der Waals surface area contributed by atoms with Crippen LogP contribution in [0.15, 0.2) is 309 Å². The number of hydrogen-bond donors (Lipinski definition) is 0. The summed E-state index contributed by atoms with van der Waals surface area (Å²) in [6, 6.07) is 113. The van der Waals surface area contributed by atoms with Gasteiger partial charge in [-0.15, -0.1) is 0 Å². The predicted octanol–water partition coefficient (Wildman–Crippen LogP) is 20.8. The Morgan fingerprint density at radius 2 is 0.518 bits per heavy atom. The zero-order chi connectivity index (χ0) is 54.6. The second-order valence-corrected chi connectivity index (χ2v) is 22.2. The first-order valence-corrected chi connectivity index (χ1v) is 28.6. The van der Waals surface area contributed by atoms with Crippen LogP contribution in [-0.2, 0) is 10.8 Å². The van der Waals surface area contributed by atoms with Crippen LogP contribution in [0.3, 0.4) is 0 Å². The summed E-state index contributed by atoms with van der Waals surface area (Å²) in [5, 5.41) is 0. The highest BCUT2D eigenvalue weighted by Gasteiger charge is 2.53. The van der Waals surface area contributed by atoms with Gasteiger partial charge < -0.3 is 14.4 Å². The van der Waals surface area contributed by atoms with E-state index < -0.39 is 10.8 Å². The van der Waals surface area contributed by atoms with Crippen LogP contribution in [-0.4, -0.2) is 0 Å². The van der Waals surface area contributed by atoms with Crippen LogP contribution in [0.25, 0.3) is 66.8 Å². The highest BCUT2D eigenvalue weighted by molar-refractivity contribution is 5.99. The SMILES string of the molecule is c1ccc(-c2ccc(-c3ccc(N(c4ccc(-c5cccc6c5-c5ccccc5C65c6ccccc6Oc6ccccc65)cc4)c4cccc(-c5cccc6c5-c5ccccc5C65c6ccccc6Oc6ccccc65)c4)cc3)cc2)cc1. The number of para-hydroxylation sites is 4. The van der Waals surface area contributed by atoms with Gasteiger partial charge in [0.25, 0.3) is 0 Å². The topological polar surface area (TPSA) is 21.7 Å². The highest BCUT2D eigenvalue weighted by Crippen LogP contribution is 2.65. The largest absolute Gasteiger partial charge is 0.457 e. The number of fused-ring (bicyclic) bond motifs is 18. The lowest BCUT2D eigenvalue weighted by Crippen LogP contribution is -2.32. The van der Waals surface area contributed by atoms with E-state index in [4.69, 9.17) is 9.47 Å². The minimum atomic E-state index is -0.566. The van der Waals surface area contributed by atoms with Crippen LogP contribution >= 0.6 is 0 Å². The van der Waals surface area contributed by atoms with Gasteiger partial charge in [-0.25, -0.2) is 0 Å². The molecule has 0 fully saturated rings. The van der Waals surface area contributed by atoms with E-state index in [2.05, 4.69) is 314 Å². The Balaban J connectivity index is 0.811. The second kappa shape index (κ2) is 18.4. The molecule has 3 nitrogen and oxygen atoms in total. The third-order valence-corrected chi connectivity index (χ3v) is 18.0. The lowest BCUT2D eigenvalue weighted by atomic mass is 9.66. The van der Waals surface area contributed by atoms with Crippen molar-refractivity contribution in [3.8, 4) is 89.8 Å². The van der Waals surface area contributed by atoms with Crippen molar-refractivity contribution in [3.05, 3.63) is 354 Å². The van der Waals surface area contributed by atoms with Crippen molar-refractivity contribution < 1.29 is 9.47 Å². The maximum atomic E-state index is 6.69. The summed E-state index contributed by atoms with van der Waals surface area (Å²) in [5.41, 5.74) is 26.2. The third kappa shape index (κ3) is 6.86. The van der Waals surface area contributed by atoms with Crippen molar-refractivity contribution in [2.75, 3.05) is 4.90 Å². The molecular weight excluding hydrogens is 1010 g/mol. The number of anilines is 3. The van der Waals surface area contributed by atoms with Gasteiger partial charge >= 0.3 is 0 Å². The molecule has 0 amide bonds. The molecule has 0 unspecified atom stereocenters. The van der Waals surface area contributed by atoms with Crippen molar-refractivity contribution in [3.63, 3.8) is 0 Å². The lowest BCUT2D eigenvalue weighted by Gasteiger charge is -2.39. The summed E-state index contributed by atoms with van der Waals surface area (Å²) in [7, 11) is 0. The number of hydrogen-bond acceptors (Lipinski definition) is 3. The van der Waals surface area contributed by atoms with Crippen LogP contribution < -0.4 is 14.4 Å². The van der Waals surface area contributed by atoms with E-state index in [1.165, 1.54) is 72.3 Å². The van der Waals surface area contributed by atoms with Crippen LogP contribution in [0.2, 0.25) is 0 Å². The minimum absolute atomic E-state index is 0.549. The molecule has 13 aromatic rings. The molecule has 17 rings (SSSR count). The predicted molar refractivity (Wildman–Crippen MR) is 338 cm³/mol. The van der Waals surface area contributed by atoms with Crippen LogP contribution in [0.1, 0.15) is 44.5 Å². The first-order valence-electron chi connectivity index (χ1n) is 28.6. The van der Waals surface area contributed by atoms with Crippen LogP contribution in [0, 0.1) is 0 Å². The molecule has 2 heterocycles. The number of rotatable bonds is 7. The molecule has 0 aromatic heterocycles. The Labute approximate surface area is 483 Å². The Kier molecular flexibility index (Phi) is 10.4. The average Bonchev–Trinajstić information content (AvgIpc) is 1.78. The van der Waals surface area contributed by atoms with Gasteiger partial charge in [-0.05, 0) is 150 Å². The van der Waals surface area contributed by atoms with Crippen molar-refractivity contribution in [1.82, 2.24) is 0 Å². The molecule has 0 bridgehead atoms. The molecule has 2 aliphatic heterocycles. The van der Waals surface area contributed by atoms with Crippen LogP contribution in [0.4, 0.5) is 17.1 Å². The summed E-state index contributed by atoms with van der Waals surface area (Å²) >= 11 is 0. The molecule has 3 heteroatoms. The summed E-state index contributed by atoms with van der Waals surface area (Å²) in [6.45, 7) is 0. The fraction of sp³-hybridized carbons (Fsp3) is 0.0250. The van der Waals surface area contributed by atoms with Gasteiger partial charge in [0.15, 0.2) is 0 Å². The molecule has 0 radical (unpaired) electrons. The van der Waals surface area contributed by atoms with Gasteiger partial charge in [-0.3, -0.25) is 0 Å². The molecule has 0 N–H and O–H groups in total. The van der Waals surface area contributed by atoms with E-state index in [0.717, 1.165) is 79.0 Å². The summed E-state index contributed by atoms with van der Waals surface area (Å²) in [5.74, 6) is 3.56. The molecule has 2 spiro atoms. The Morgan fingerprint density at radius 3 is 0.976 bits per heavy atom. The quantitative estimate of drug-likeness (QED) is 0.159. The number of nitrogens with zero attached hydrogens (tertiary/aromatic N) is 1. The molecule has 2 aliphatic carbocycles. The standard InChI is InChI=1S/C80H51NO2/c1-2-19-52(20-3-1)53-39-41-54(42-40-53)55-43-47-58(48-44-55)81(59-49-45-56(46-50-59)61-25-17-33-71-77(61)63-23-4-6-27-65(63)79(71)67-29-8-12-35-73(67)82-74-36-13-9-30-68(74)79)60-22-16-21-57(51-60)62-26-18-34-72-78(62)64-24-5-7-28-66(64)80(72)69-31-10-14-37-75(69)83-76-38-15-11-32-70(76)80/h1-51H. The van der Waals surface area contributed by atoms with Crippen LogP contribution in [0.5, 0.6) is 23.0 Å². The van der Waals surface area contributed by atoms with E-state index in [0.29, 0.717) is 0 Å². The van der Waals surface area contributed by atoms with E-state index in [9.17, 15) is 0 Å². The van der Waals surface area contributed by atoms with E-state index in [-0.39, 0.29) is 0 Å². The van der Waals surface area contributed by atoms with E-state index >= 15 is 0 Å². The molecule has 388 valence electrons. The first-order chi connectivity index (χ1) is 41.2. The highest BCUT2D eigenvalue weighted by atomic mass is 16.5. The lowest BCUT2D eigenvalue weighted by molar-refractivity contribution is 0.436. The Hall–Kier alpha value is -10.7. The van der Waals surface area contributed by atoms with Gasteiger partial charge in [0.05, 0.1) is 10.8 Å². The average molecular weight is 1060 g/mol. The first kappa shape index (κ1) is 47.1. The van der Waals surface area contributed by atoms with E-state index in [1.807, 2.05) is 0 Å². The zero-order valence-electron chi connectivity index (χ0n) is 45.2. The fourth-order valence-electron chi connectivity index (χ4n) is 14.6. The second-order valence-electron chi connectivity index (χ2n) is 22.2. The van der Waals surface area contributed by atoms with Crippen molar-refractivity contribution >= 4 is 17.1 Å². The summed E-state index contributed by atoms with van der Waals surface area (Å²) in [6.07, 6.45) is 0. The molecule has 0 atom stereocenters. The van der Waals surface area contributed by atoms with Crippen molar-refractivity contribution in [2.45, 2.75) is 10.8 Å². The molecule has 13 aromatic carbocycles. The van der Waals surface area contributed by atoms with Crippen molar-refractivity contribution in [2.24, 2.45) is 0 Å². The normalized spacial score (nSPS) is 13.7. The molecular formula is C80H51NO2. The van der Waals surface area contributed by atoms with Gasteiger partial charge in [-0.1, -0.05) is 249 Å². The molecule has 83 heavy (non-hydrogen) atoms. The van der Waals surface area contributed by atoms with Gasteiger partial charge in [0.2, 0.25) is 0 Å². The third-order valence-electron chi connectivity index (χ3n) is 18.0. The molecule has 0 saturated heterocycles. The summed E-state index contributed by atoms with van der Waals surface area (Å²) < 4.78 is 13.4. The zero-order valence-corrected chi connectivity index (χ0v) is 45.2. The molecule has 4 aliphatic rings. The summed E-state index contributed by atoms with van der Waals surface area (Å²) in [4.78, 5) is 2.41. The van der Waals surface area contributed by atoms with Gasteiger partial charge in [-0.2, -0.15) is 0 Å². The number of ether oxygens (including phenoxy) is 2. The Bertz CT molecular complexity index is 4640. The Morgan fingerprint density at radius 1 is 0.205 bits per heavy atom.